The molecule has 0 bridgehead atoms. The molecule has 4 aromatic rings. The van der Waals surface area contributed by atoms with Gasteiger partial charge in [-0.25, -0.2) is 9.18 Å². The van der Waals surface area contributed by atoms with E-state index < -0.39 is 23.3 Å². The number of carbonyl (C=O) groups is 1. The minimum atomic E-state index is -0.717. The minimum absolute atomic E-state index is 0.0729. The Morgan fingerprint density at radius 3 is 2.44 bits per heavy atom. The molecule has 1 heterocycles. The van der Waals surface area contributed by atoms with Crippen LogP contribution in [0.3, 0.4) is 0 Å². The number of aromatic nitrogens is 2. The summed E-state index contributed by atoms with van der Waals surface area (Å²) < 4.78 is 25.6. The number of nitro benzene ring substituents is 1. The van der Waals surface area contributed by atoms with E-state index in [0.717, 1.165) is 11.8 Å². The predicted molar refractivity (Wildman–Crippen MR) is 123 cm³/mol. The molecular formula is C24H18FN3O5S. The molecule has 172 valence electrons. The average molecular weight is 479 g/mol. The van der Waals surface area contributed by atoms with Crippen LogP contribution in [0, 0.1) is 22.9 Å². The van der Waals surface area contributed by atoms with E-state index in [1.54, 1.807) is 37.3 Å². The van der Waals surface area contributed by atoms with E-state index in [-0.39, 0.29) is 11.6 Å². The minimum Gasteiger partial charge on any atom is -0.482 e. The quantitative estimate of drug-likeness (QED) is 0.191. The lowest BCUT2D eigenvalue weighted by Crippen LogP contribution is -2.19. The van der Waals surface area contributed by atoms with Gasteiger partial charge in [-0.3, -0.25) is 10.1 Å². The van der Waals surface area contributed by atoms with E-state index in [4.69, 9.17) is 9.47 Å². The maximum Gasteiger partial charge on any atom is 0.350 e. The van der Waals surface area contributed by atoms with Crippen LogP contribution in [0.5, 0.6) is 11.6 Å². The molecule has 0 radical (unpaired) electrons. The number of esters is 1. The Morgan fingerprint density at radius 2 is 1.74 bits per heavy atom. The van der Waals surface area contributed by atoms with Crippen LogP contribution in [0.2, 0.25) is 0 Å². The number of carbonyl (C=O) groups excluding carboxylic acids is 1. The number of aryl methyl sites for hydroxylation is 1. The van der Waals surface area contributed by atoms with Gasteiger partial charge in [0.2, 0.25) is 5.88 Å². The highest BCUT2D eigenvalue weighted by molar-refractivity contribution is 7.99. The summed E-state index contributed by atoms with van der Waals surface area (Å²) in [6.45, 7) is 1.29. The maximum atomic E-state index is 13.1. The number of nitrogens with zero attached hydrogens (tertiary/aromatic N) is 3. The van der Waals surface area contributed by atoms with Gasteiger partial charge in [-0.1, -0.05) is 42.1 Å². The van der Waals surface area contributed by atoms with Crippen molar-refractivity contribution in [1.29, 1.82) is 0 Å². The maximum absolute atomic E-state index is 13.1. The van der Waals surface area contributed by atoms with E-state index in [9.17, 15) is 19.3 Å². The average Bonchev–Trinajstić information content (AvgIpc) is 3.14. The first-order chi connectivity index (χ1) is 16.4. The first kappa shape index (κ1) is 23.0. The lowest BCUT2D eigenvalue weighted by atomic mass is 10.3. The molecule has 0 aliphatic heterocycles. The number of hydrogen-bond acceptors (Lipinski definition) is 7. The van der Waals surface area contributed by atoms with Crippen molar-refractivity contribution in [2.45, 2.75) is 16.7 Å². The van der Waals surface area contributed by atoms with E-state index in [1.807, 2.05) is 18.2 Å². The zero-order chi connectivity index (χ0) is 24.1. The molecule has 0 amide bonds. The number of halogens is 1. The summed E-state index contributed by atoms with van der Waals surface area (Å²) in [5, 5.41) is 16.0. The summed E-state index contributed by atoms with van der Waals surface area (Å²) in [5.41, 5.74) is 1.09. The fraction of sp³-hybridized carbons (Fsp3) is 0.0833. The Kier molecular flexibility index (Phi) is 6.88. The molecular weight excluding hydrogens is 461 g/mol. The lowest BCUT2D eigenvalue weighted by molar-refractivity contribution is -0.387. The highest BCUT2D eigenvalue weighted by Crippen LogP contribution is 2.42. The van der Waals surface area contributed by atoms with Gasteiger partial charge in [0.15, 0.2) is 6.61 Å². The normalized spacial score (nSPS) is 10.6. The highest BCUT2D eigenvalue weighted by atomic mass is 32.2. The highest BCUT2D eigenvalue weighted by Gasteiger charge is 2.25. The standard InChI is InChI=1S/C24H18FN3O5S/c1-16-23(34-21-10-6-5-9-20(21)28(30)31)24(27(26-16)18-7-3-2-4-8-18)33-22(29)15-32-19-13-11-17(25)12-14-19/h2-14H,15H2,1H3. The third kappa shape index (κ3) is 5.24. The Hall–Kier alpha value is -4.18. The fourth-order valence-electron chi connectivity index (χ4n) is 3.06. The summed E-state index contributed by atoms with van der Waals surface area (Å²) in [5.74, 6) is -0.722. The van der Waals surface area contributed by atoms with E-state index in [1.165, 1.54) is 35.0 Å². The van der Waals surface area contributed by atoms with E-state index in [0.29, 0.717) is 26.9 Å². The van der Waals surface area contributed by atoms with Crippen LogP contribution in [0.1, 0.15) is 5.69 Å². The molecule has 34 heavy (non-hydrogen) atoms. The zero-order valence-corrected chi connectivity index (χ0v) is 18.7. The van der Waals surface area contributed by atoms with Crippen LogP contribution in [0.25, 0.3) is 5.69 Å². The van der Waals surface area contributed by atoms with Gasteiger partial charge in [-0.15, -0.1) is 0 Å². The Morgan fingerprint density at radius 1 is 1.06 bits per heavy atom. The molecule has 4 rings (SSSR count). The first-order valence-corrected chi connectivity index (χ1v) is 10.9. The molecule has 0 N–H and O–H groups in total. The Balaban J connectivity index is 1.65. The van der Waals surface area contributed by atoms with Gasteiger partial charge in [-0.2, -0.15) is 9.78 Å². The van der Waals surface area contributed by atoms with Crippen LogP contribution < -0.4 is 9.47 Å². The summed E-state index contributed by atoms with van der Waals surface area (Å²) in [7, 11) is 0. The van der Waals surface area contributed by atoms with Crippen molar-refractivity contribution in [1.82, 2.24) is 9.78 Å². The molecule has 8 nitrogen and oxygen atoms in total. The van der Waals surface area contributed by atoms with Crippen molar-refractivity contribution in [3.8, 4) is 17.3 Å². The van der Waals surface area contributed by atoms with Gasteiger partial charge in [0.1, 0.15) is 11.6 Å². The molecule has 0 aliphatic rings. The van der Waals surface area contributed by atoms with Gasteiger partial charge in [0, 0.05) is 6.07 Å². The molecule has 1 aromatic heterocycles. The second-order valence-electron chi connectivity index (χ2n) is 7.01. The van der Waals surface area contributed by atoms with Crippen molar-refractivity contribution in [3.63, 3.8) is 0 Å². The first-order valence-electron chi connectivity index (χ1n) is 10.1. The Labute approximate surface area is 198 Å². The van der Waals surface area contributed by atoms with Gasteiger partial charge >= 0.3 is 5.97 Å². The number of nitro groups is 1. The molecule has 0 saturated heterocycles. The molecule has 0 fully saturated rings. The second-order valence-corrected chi connectivity index (χ2v) is 8.06. The zero-order valence-electron chi connectivity index (χ0n) is 17.9. The fourth-order valence-corrected chi connectivity index (χ4v) is 4.08. The molecule has 0 atom stereocenters. The molecule has 0 spiro atoms. The van der Waals surface area contributed by atoms with E-state index in [2.05, 4.69) is 5.10 Å². The SMILES string of the molecule is Cc1nn(-c2ccccc2)c(OC(=O)COc2ccc(F)cc2)c1Sc1ccccc1[N+](=O)[O-]. The smallest absolute Gasteiger partial charge is 0.350 e. The van der Waals surface area contributed by atoms with Crippen molar-refractivity contribution >= 4 is 23.4 Å². The molecule has 3 aromatic carbocycles. The van der Waals surface area contributed by atoms with Crippen molar-refractivity contribution in [3.05, 3.63) is 100 Å². The Bertz CT molecular complexity index is 1330. The molecule has 10 heteroatoms. The summed E-state index contributed by atoms with van der Waals surface area (Å²) >= 11 is 1.08. The van der Waals surface area contributed by atoms with Crippen LogP contribution in [-0.2, 0) is 4.79 Å². The van der Waals surface area contributed by atoms with Gasteiger partial charge in [0.05, 0.1) is 26.1 Å². The number of rotatable bonds is 8. The van der Waals surface area contributed by atoms with Crippen molar-refractivity contribution in [2.24, 2.45) is 0 Å². The van der Waals surface area contributed by atoms with Crippen molar-refractivity contribution < 1.29 is 23.6 Å². The number of ether oxygens (including phenoxy) is 2. The van der Waals surface area contributed by atoms with E-state index >= 15 is 0 Å². The van der Waals surface area contributed by atoms with Crippen LogP contribution in [0.15, 0.2) is 88.7 Å². The number of para-hydroxylation sites is 2. The van der Waals surface area contributed by atoms with Crippen molar-refractivity contribution in [2.75, 3.05) is 6.61 Å². The molecule has 0 saturated carbocycles. The number of hydrogen-bond donors (Lipinski definition) is 0. The monoisotopic (exact) mass is 479 g/mol. The van der Waals surface area contributed by atoms with Crippen LogP contribution >= 0.6 is 11.8 Å². The van der Waals surface area contributed by atoms with Gasteiger partial charge in [0.25, 0.3) is 5.69 Å². The molecule has 0 unspecified atom stereocenters. The van der Waals surface area contributed by atoms with Gasteiger partial charge < -0.3 is 9.47 Å². The summed E-state index contributed by atoms with van der Waals surface area (Å²) in [6.07, 6.45) is 0. The topological polar surface area (TPSA) is 96.5 Å². The molecule has 0 aliphatic carbocycles. The largest absolute Gasteiger partial charge is 0.482 e. The summed E-state index contributed by atoms with van der Waals surface area (Å²) in [6, 6.07) is 20.6. The third-order valence-electron chi connectivity index (χ3n) is 4.62. The van der Waals surface area contributed by atoms with Gasteiger partial charge in [-0.05, 0) is 49.4 Å². The number of benzene rings is 3. The predicted octanol–water partition coefficient (Wildman–Crippen LogP) is 5.36. The third-order valence-corrected chi connectivity index (χ3v) is 5.86. The summed E-state index contributed by atoms with van der Waals surface area (Å²) in [4.78, 5) is 24.5. The van der Waals surface area contributed by atoms with Crippen LogP contribution in [0.4, 0.5) is 10.1 Å². The van der Waals surface area contributed by atoms with Crippen LogP contribution in [-0.4, -0.2) is 27.3 Å². The lowest BCUT2D eigenvalue weighted by Gasteiger charge is -2.11. The second kappa shape index (κ2) is 10.2.